The molecule has 0 aliphatic rings. The van der Waals surface area contributed by atoms with E-state index in [2.05, 4.69) is 34.1 Å². The van der Waals surface area contributed by atoms with Gasteiger partial charge in [0.05, 0.1) is 5.10 Å². The molecule has 120 valence electrons. The lowest BCUT2D eigenvalue weighted by Crippen LogP contribution is -2.35. The number of aryl methyl sites for hydroxylation is 1. The van der Waals surface area contributed by atoms with Gasteiger partial charge in [0.15, 0.2) is 0 Å². The summed E-state index contributed by atoms with van der Waals surface area (Å²) in [6.07, 6.45) is 2.29. The van der Waals surface area contributed by atoms with E-state index >= 15 is 0 Å². The molecular weight excluding hydrogens is 278 g/mol. The molecule has 0 aliphatic carbocycles. The minimum absolute atomic E-state index is 0.390. The van der Waals surface area contributed by atoms with Crippen molar-refractivity contribution in [3.05, 3.63) is 29.0 Å². The second kappa shape index (κ2) is 7.89. The van der Waals surface area contributed by atoms with Gasteiger partial charge >= 0.3 is 0 Å². The summed E-state index contributed by atoms with van der Waals surface area (Å²) in [6.45, 7) is 10.2. The fourth-order valence-corrected chi connectivity index (χ4v) is 2.53. The summed E-state index contributed by atoms with van der Waals surface area (Å²) in [5, 5.41) is 19.0. The monoisotopic (exact) mass is 303 g/mol. The molecule has 0 saturated heterocycles. The molecule has 1 aromatic heterocycles. The molecule has 0 aliphatic heterocycles. The van der Waals surface area contributed by atoms with Crippen molar-refractivity contribution in [2.45, 2.75) is 33.6 Å². The van der Waals surface area contributed by atoms with Gasteiger partial charge in [-0.05, 0) is 49.3 Å². The Kier molecular flexibility index (Phi) is 5.89. The van der Waals surface area contributed by atoms with Gasteiger partial charge in [-0.15, -0.1) is 0 Å². The van der Waals surface area contributed by atoms with E-state index in [-0.39, 0.29) is 0 Å². The third-order valence-corrected chi connectivity index (χ3v) is 3.54. The third-order valence-electron chi connectivity index (χ3n) is 3.54. The van der Waals surface area contributed by atoms with Gasteiger partial charge in [-0.1, -0.05) is 19.9 Å². The summed E-state index contributed by atoms with van der Waals surface area (Å²) in [4.78, 5) is 7.47. The van der Waals surface area contributed by atoms with Crippen molar-refractivity contribution >= 4 is 17.0 Å². The standard InChI is InChI=1S/C16H25N5O/c1-4-9-20(10-5-2)11-8-17-16-18-14-12-13(3)6-7-15(14)21(22)19-16/h6-7,12H,4-5,8-11H2,1-3H3,(H,17,18,19). The first-order chi connectivity index (χ1) is 10.6. The van der Waals surface area contributed by atoms with E-state index in [1.54, 1.807) is 6.07 Å². The van der Waals surface area contributed by atoms with Gasteiger partial charge in [0.2, 0.25) is 0 Å². The fourth-order valence-electron chi connectivity index (χ4n) is 2.53. The van der Waals surface area contributed by atoms with Crippen LogP contribution < -0.4 is 10.2 Å². The Labute approximate surface area is 131 Å². The van der Waals surface area contributed by atoms with Gasteiger partial charge in [-0.25, -0.2) is 4.98 Å². The molecule has 0 saturated carbocycles. The number of aromatic nitrogens is 3. The maximum absolute atomic E-state index is 11.9. The predicted octanol–water partition coefficient (Wildman–Crippen LogP) is 2.11. The number of rotatable bonds is 8. The fraction of sp³-hybridized carbons (Fsp3) is 0.562. The minimum Gasteiger partial charge on any atom is -0.594 e. The molecule has 1 N–H and O–H groups in total. The van der Waals surface area contributed by atoms with Crippen LogP contribution in [0.3, 0.4) is 0 Å². The second-order valence-electron chi connectivity index (χ2n) is 5.57. The number of hydrogen-bond acceptors (Lipinski definition) is 5. The van der Waals surface area contributed by atoms with Gasteiger partial charge in [0.25, 0.3) is 11.5 Å². The zero-order chi connectivity index (χ0) is 15.9. The van der Waals surface area contributed by atoms with Crippen molar-refractivity contribution in [1.29, 1.82) is 0 Å². The van der Waals surface area contributed by atoms with E-state index in [1.165, 1.54) is 0 Å². The van der Waals surface area contributed by atoms with Crippen LogP contribution in [0.5, 0.6) is 0 Å². The normalized spacial score (nSPS) is 11.3. The van der Waals surface area contributed by atoms with Crippen molar-refractivity contribution in [2.75, 3.05) is 31.5 Å². The van der Waals surface area contributed by atoms with E-state index in [0.29, 0.717) is 21.8 Å². The van der Waals surface area contributed by atoms with Crippen LogP contribution in [0.4, 0.5) is 5.95 Å². The van der Waals surface area contributed by atoms with Crippen LogP contribution in [0.15, 0.2) is 18.2 Å². The average Bonchev–Trinajstić information content (AvgIpc) is 2.47. The van der Waals surface area contributed by atoms with E-state index in [9.17, 15) is 5.21 Å². The van der Waals surface area contributed by atoms with Crippen LogP contribution >= 0.6 is 0 Å². The molecule has 0 amide bonds. The van der Waals surface area contributed by atoms with Crippen LogP contribution in [0, 0.1) is 12.1 Å². The Morgan fingerprint density at radius 2 is 1.91 bits per heavy atom. The maximum atomic E-state index is 11.9. The van der Waals surface area contributed by atoms with Gasteiger partial charge in [0.1, 0.15) is 5.52 Å². The van der Waals surface area contributed by atoms with E-state index in [4.69, 9.17) is 0 Å². The summed E-state index contributed by atoms with van der Waals surface area (Å²) in [5.74, 6) is 0.390. The molecule has 1 aromatic carbocycles. The summed E-state index contributed by atoms with van der Waals surface area (Å²) in [7, 11) is 0. The van der Waals surface area contributed by atoms with E-state index in [0.717, 1.165) is 44.6 Å². The molecule has 22 heavy (non-hydrogen) atoms. The quantitative estimate of drug-likeness (QED) is 0.597. The third kappa shape index (κ3) is 4.27. The first kappa shape index (κ1) is 16.4. The first-order valence-electron chi connectivity index (χ1n) is 7.98. The summed E-state index contributed by atoms with van der Waals surface area (Å²) < 4.78 is 0. The lowest BCUT2D eigenvalue weighted by molar-refractivity contribution is -0.641. The van der Waals surface area contributed by atoms with Crippen LogP contribution in [-0.2, 0) is 0 Å². The number of benzene rings is 1. The summed E-state index contributed by atoms with van der Waals surface area (Å²) >= 11 is 0. The van der Waals surface area contributed by atoms with Crippen molar-refractivity contribution < 1.29 is 4.85 Å². The Morgan fingerprint density at radius 1 is 1.18 bits per heavy atom. The van der Waals surface area contributed by atoms with Gasteiger partial charge in [0, 0.05) is 19.2 Å². The zero-order valence-electron chi connectivity index (χ0n) is 13.7. The summed E-state index contributed by atoms with van der Waals surface area (Å²) in [6, 6.07) is 5.54. The van der Waals surface area contributed by atoms with E-state index < -0.39 is 0 Å². The highest BCUT2D eigenvalue weighted by Gasteiger charge is 2.11. The van der Waals surface area contributed by atoms with Crippen molar-refractivity contribution in [2.24, 2.45) is 0 Å². The average molecular weight is 303 g/mol. The highest BCUT2D eigenvalue weighted by Crippen LogP contribution is 2.10. The molecule has 6 nitrogen and oxygen atoms in total. The largest absolute Gasteiger partial charge is 0.594 e. The van der Waals surface area contributed by atoms with Crippen molar-refractivity contribution in [3.8, 4) is 0 Å². The molecule has 0 fully saturated rings. The number of nitrogens with one attached hydrogen (secondary N) is 1. The van der Waals surface area contributed by atoms with Crippen molar-refractivity contribution in [1.82, 2.24) is 15.0 Å². The van der Waals surface area contributed by atoms with Crippen LogP contribution in [0.25, 0.3) is 11.0 Å². The smallest absolute Gasteiger partial charge is 0.290 e. The lowest BCUT2D eigenvalue weighted by atomic mass is 10.2. The second-order valence-corrected chi connectivity index (χ2v) is 5.57. The topological polar surface area (TPSA) is 68.0 Å². The Morgan fingerprint density at radius 3 is 2.59 bits per heavy atom. The molecule has 2 rings (SSSR count). The maximum Gasteiger partial charge on any atom is 0.290 e. The molecular formula is C16H25N5O. The van der Waals surface area contributed by atoms with Crippen molar-refractivity contribution in [3.63, 3.8) is 0 Å². The van der Waals surface area contributed by atoms with Crippen LogP contribution in [0.2, 0.25) is 0 Å². The Hall–Kier alpha value is -1.95. The van der Waals surface area contributed by atoms with Crippen LogP contribution in [-0.4, -0.2) is 41.2 Å². The van der Waals surface area contributed by atoms with Gasteiger partial charge in [-0.3, -0.25) is 0 Å². The highest BCUT2D eigenvalue weighted by atomic mass is 16.5. The first-order valence-corrected chi connectivity index (χ1v) is 7.98. The molecule has 0 unspecified atom stereocenters. The summed E-state index contributed by atoms with van der Waals surface area (Å²) in [5.41, 5.74) is 2.25. The van der Waals surface area contributed by atoms with E-state index in [1.807, 2.05) is 19.1 Å². The number of nitrogens with zero attached hydrogens (tertiary/aromatic N) is 4. The SMILES string of the molecule is CCCN(CCC)CCNc1nc2cc(C)ccc2[n+]([O-])n1. The number of anilines is 1. The molecule has 0 spiro atoms. The Bertz CT molecular complexity index is 611. The predicted molar refractivity (Wildman–Crippen MR) is 88.7 cm³/mol. The van der Waals surface area contributed by atoms with Gasteiger partial charge < -0.3 is 15.4 Å². The molecule has 6 heteroatoms. The Balaban J connectivity index is 2.02. The van der Waals surface area contributed by atoms with Gasteiger partial charge in [-0.2, -0.15) is 0 Å². The molecule has 0 radical (unpaired) electrons. The number of fused-ring (bicyclic) bond motifs is 1. The zero-order valence-corrected chi connectivity index (χ0v) is 13.7. The molecule has 2 aromatic rings. The molecule has 0 bridgehead atoms. The lowest BCUT2D eigenvalue weighted by Gasteiger charge is -2.20. The molecule has 0 atom stereocenters. The molecule has 1 heterocycles. The van der Waals surface area contributed by atoms with Crippen LogP contribution in [0.1, 0.15) is 32.3 Å². The number of hydrogen-bond donors (Lipinski definition) is 1. The minimum atomic E-state index is 0.390. The highest BCUT2D eigenvalue weighted by molar-refractivity contribution is 5.72.